The number of nitrogens with zero attached hydrogens (tertiary/aromatic N) is 4. The van der Waals surface area contributed by atoms with Crippen molar-refractivity contribution in [2.75, 3.05) is 18.5 Å². The van der Waals surface area contributed by atoms with Gasteiger partial charge in [-0.3, -0.25) is 13.9 Å². The van der Waals surface area contributed by atoms with Crippen molar-refractivity contribution in [2.24, 2.45) is 0 Å². The maximum absolute atomic E-state index is 14.8. The number of aromatic nitrogens is 4. The summed E-state index contributed by atoms with van der Waals surface area (Å²) in [6, 6.07) is 8.50. The molecule has 4 atom stereocenters. The maximum atomic E-state index is 14.8. The van der Waals surface area contributed by atoms with Crippen LogP contribution in [-0.2, 0) is 18.3 Å². The van der Waals surface area contributed by atoms with Crippen molar-refractivity contribution in [1.82, 2.24) is 19.5 Å². The molecule has 0 radical (unpaired) electrons. The standard InChI is InChI=1S/C22H25FN5O7P/c1-3-33-36(32,34-4-2)15(23)10-14-17(29)18(30)22(35-14)28-12-26-16-19(24-11-25-20(16)28)27-21(31)13-8-6-5-7-9-13/h5-12,14,17-18,22,29-30H,3-4H2,1-2H3,(H,24,25,27,31)/t14-,17-,18-,22-/m1/s1. The summed E-state index contributed by atoms with van der Waals surface area (Å²) in [6.45, 7) is 2.92. The van der Waals surface area contributed by atoms with Gasteiger partial charge in [0.2, 0.25) is 5.57 Å². The molecule has 0 unspecified atom stereocenters. The minimum absolute atomic E-state index is 0.0677. The summed E-state index contributed by atoms with van der Waals surface area (Å²) >= 11 is 0. The quantitative estimate of drug-likeness (QED) is 0.358. The predicted molar refractivity (Wildman–Crippen MR) is 126 cm³/mol. The van der Waals surface area contributed by atoms with Crippen molar-refractivity contribution < 1.29 is 37.7 Å². The summed E-state index contributed by atoms with van der Waals surface area (Å²) in [6.07, 6.45) is -2.47. The topological polar surface area (TPSA) is 158 Å². The fourth-order valence-corrected chi connectivity index (χ4v) is 5.01. The Hall–Kier alpha value is -3.06. The molecule has 0 spiro atoms. The van der Waals surface area contributed by atoms with Crippen molar-refractivity contribution in [3.63, 3.8) is 0 Å². The van der Waals surface area contributed by atoms with Crippen molar-refractivity contribution >= 4 is 30.5 Å². The molecule has 1 aliphatic heterocycles. The number of carbonyl (C=O) groups is 1. The second-order valence-corrected chi connectivity index (χ2v) is 9.60. The molecular formula is C22H25FN5O7P. The average Bonchev–Trinajstić information content (AvgIpc) is 3.42. The third kappa shape index (κ3) is 5.07. The van der Waals surface area contributed by atoms with E-state index >= 15 is 0 Å². The van der Waals surface area contributed by atoms with E-state index in [4.69, 9.17) is 13.8 Å². The van der Waals surface area contributed by atoms with Gasteiger partial charge in [-0.25, -0.2) is 15.0 Å². The lowest BCUT2D eigenvalue weighted by Crippen LogP contribution is -2.30. The zero-order valence-corrected chi connectivity index (χ0v) is 20.3. The van der Waals surface area contributed by atoms with Gasteiger partial charge in [-0.1, -0.05) is 18.2 Å². The van der Waals surface area contributed by atoms with Gasteiger partial charge in [-0.15, -0.1) is 0 Å². The van der Waals surface area contributed by atoms with Crippen LogP contribution in [0, 0.1) is 0 Å². The average molecular weight is 521 g/mol. The number of amides is 1. The molecule has 1 aromatic carbocycles. The third-order valence-electron chi connectivity index (χ3n) is 5.34. The van der Waals surface area contributed by atoms with Gasteiger partial charge >= 0.3 is 7.60 Å². The summed E-state index contributed by atoms with van der Waals surface area (Å²) in [4.78, 5) is 25.0. The van der Waals surface area contributed by atoms with Gasteiger partial charge in [0.1, 0.15) is 24.6 Å². The van der Waals surface area contributed by atoms with E-state index in [0.717, 1.165) is 6.08 Å². The summed E-state index contributed by atoms with van der Waals surface area (Å²) < 4.78 is 44.4. The summed E-state index contributed by atoms with van der Waals surface area (Å²) in [7, 11) is -4.23. The minimum Gasteiger partial charge on any atom is -0.387 e. The summed E-state index contributed by atoms with van der Waals surface area (Å²) in [5.41, 5.74) is -0.445. The minimum atomic E-state index is -4.23. The molecule has 1 saturated heterocycles. The summed E-state index contributed by atoms with van der Waals surface area (Å²) in [5, 5.41) is 23.8. The van der Waals surface area contributed by atoms with Crippen molar-refractivity contribution in [3.05, 3.63) is 60.2 Å². The Labute approximate surface area is 205 Å². The Balaban J connectivity index is 1.59. The van der Waals surface area contributed by atoms with Crippen LogP contribution >= 0.6 is 7.60 Å². The van der Waals surface area contributed by atoms with Crippen LogP contribution in [0.4, 0.5) is 10.2 Å². The highest BCUT2D eigenvalue weighted by Gasteiger charge is 2.45. The predicted octanol–water partition coefficient (Wildman–Crippen LogP) is 2.77. The number of rotatable bonds is 9. The van der Waals surface area contributed by atoms with Crippen LogP contribution in [0.2, 0.25) is 0 Å². The number of halogens is 1. The molecule has 14 heteroatoms. The Kier molecular flexibility index (Phi) is 7.88. The molecule has 0 saturated carbocycles. The number of anilines is 1. The first kappa shape index (κ1) is 26.0. The lowest BCUT2D eigenvalue weighted by atomic mass is 10.1. The zero-order valence-electron chi connectivity index (χ0n) is 19.4. The van der Waals surface area contributed by atoms with E-state index in [-0.39, 0.29) is 30.2 Å². The number of aliphatic hydroxyl groups is 2. The molecule has 0 aliphatic carbocycles. The van der Waals surface area contributed by atoms with Crippen LogP contribution in [0.5, 0.6) is 0 Å². The van der Waals surface area contributed by atoms with Crippen LogP contribution in [0.1, 0.15) is 30.4 Å². The third-order valence-corrected chi connectivity index (χ3v) is 7.21. The van der Waals surface area contributed by atoms with E-state index in [9.17, 15) is 24.0 Å². The van der Waals surface area contributed by atoms with Crippen LogP contribution in [0.15, 0.2) is 54.6 Å². The number of imidazole rings is 1. The molecule has 3 heterocycles. The first-order valence-corrected chi connectivity index (χ1v) is 12.7. The molecule has 192 valence electrons. The largest absolute Gasteiger partial charge is 0.389 e. The Morgan fingerprint density at radius 1 is 1.17 bits per heavy atom. The normalized spacial score (nSPS) is 22.8. The van der Waals surface area contributed by atoms with Crippen molar-refractivity contribution in [1.29, 1.82) is 0 Å². The molecule has 2 aromatic heterocycles. The van der Waals surface area contributed by atoms with Gasteiger partial charge in [0.25, 0.3) is 5.91 Å². The highest BCUT2D eigenvalue weighted by atomic mass is 31.2. The number of carbonyl (C=O) groups excluding carboxylic acids is 1. The molecule has 1 aliphatic rings. The highest BCUT2D eigenvalue weighted by molar-refractivity contribution is 7.58. The number of ether oxygens (including phenoxy) is 1. The van der Waals surface area contributed by atoms with Gasteiger partial charge in [0.05, 0.1) is 19.5 Å². The number of hydrogen-bond donors (Lipinski definition) is 3. The fraction of sp³-hybridized carbons (Fsp3) is 0.364. The van der Waals surface area contributed by atoms with Gasteiger partial charge in [0, 0.05) is 5.56 Å². The molecule has 3 N–H and O–H groups in total. The highest BCUT2D eigenvalue weighted by Crippen LogP contribution is 2.57. The summed E-state index contributed by atoms with van der Waals surface area (Å²) in [5.74, 6) is -0.288. The first-order valence-electron chi connectivity index (χ1n) is 11.1. The Morgan fingerprint density at radius 2 is 1.86 bits per heavy atom. The lowest BCUT2D eigenvalue weighted by Gasteiger charge is -2.17. The van der Waals surface area contributed by atoms with Gasteiger partial charge in [-0.2, -0.15) is 4.39 Å². The van der Waals surface area contributed by atoms with E-state index in [1.165, 1.54) is 31.1 Å². The Bertz CT molecular complexity index is 1290. The number of hydrogen-bond acceptors (Lipinski definition) is 10. The second kappa shape index (κ2) is 10.9. The monoisotopic (exact) mass is 521 g/mol. The van der Waals surface area contributed by atoms with Crippen LogP contribution < -0.4 is 5.32 Å². The molecular weight excluding hydrogens is 496 g/mol. The van der Waals surface area contributed by atoms with Gasteiger partial charge in [-0.05, 0) is 32.1 Å². The molecule has 0 bridgehead atoms. The molecule has 3 aromatic rings. The SMILES string of the molecule is CCOP(=O)(OCC)C(F)=C[C@H]1O[C@@H](n2cnc3c(NC(=O)c4ccccc4)ncnc32)[C@H](O)[C@@H]1O. The van der Waals surface area contributed by atoms with Crippen molar-refractivity contribution in [2.45, 2.75) is 38.4 Å². The lowest BCUT2D eigenvalue weighted by molar-refractivity contribution is -0.0247. The number of fused-ring (bicyclic) bond motifs is 1. The van der Waals surface area contributed by atoms with Gasteiger partial charge < -0.3 is 29.3 Å². The van der Waals surface area contributed by atoms with E-state index in [1.54, 1.807) is 30.3 Å². The van der Waals surface area contributed by atoms with Crippen LogP contribution in [0.25, 0.3) is 11.2 Å². The molecule has 36 heavy (non-hydrogen) atoms. The Morgan fingerprint density at radius 3 is 2.53 bits per heavy atom. The number of nitrogens with one attached hydrogen (secondary N) is 1. The molecule has 4 rings (SSSR count). The molecule has 1 fully saturated rings. The fourth-order valence-electron chi connectivity index (χ4n) is 3.68. The smallest absolute Gasteiger partial charge is 0.387 e. The number of aliphatic hydroxyl groups excluding tert-OH is 2. The second-order valence-electron chi connectivity index (χ2n) is 7.66. The first-order chi connectivity index (χ1) is 17.3. The van der Waals surface area contributed by atoms with E-state index in [2.05, 4.69) is 20.3 Å². The van der Waals surface area contributed by atoms with Gasteiger partial charge in [0.15, 0.2) is 23.2 Å². The van der Waals surface area contributed by atoms with Crippen molar-refractivity contribution in [3.8, 4) is 0 Å². The van der Waals surface area contributed by atoms with Crippen LogP contribution in [0.3, 0.4) is 0 Å². The van der Waals surface area contributed by atoms with E-state index in [0.29, 0.717) is 5.56 Å². The zero-order chi connectivity index (χ0) is 25.9. The number of benzene rings is 1. The van der Waals surface area contributed by atoms with Crippen LogP contribution in [-0.4, -0.2) is 67.2 Å². The van der Waals surface area contributed by atoms with E-state index in [1.807, 2.05) is 0 Å². The molecule has 1 amide bonds. The van der Waals surface area contributed by atoms with E-state index < -0.39 is 43.6 Å². The molecule has 12 nitrogen and oxygen atoms in total. The maximum Gasteiger partial charge on any atom is 0.389 e.